The minimum Gasteiger partial charge on any atom is -0.449 e. The van der Waals surface area contributed by atoms with Crippen molar-refractivity contribution in [3.63, 3.8) is 0 Å². The topological polar surface area (TPSA) is 55.8 Å². The second-order valence-electron chi connectivity index (χ2n) is 5.19. The highest BCUT2D eigenvalue weighted by Gasteiger charge is 2.21. The molecule has 0 N–H and O–H groups in total. The third kappa shape index (κ3) is 4.08. The first-order chi connectivity index (χ1) is 11.4. The zero-order valence-electron chi connectivity index (χ0n) is 12.8. The molecule has 0 bridgehead atoms. The average Bonchev–Trinajstić information content (AvgIpc) is 3.14. The van der Waals surface area contributed by atoms with Crippen LogP contribution in [-0.4, -0.2) is 36.2 Å². The molecule has 0 spiro atoms. The molecular weight excluding hydrogens is 308 g/mol. The second kappa shape index (κ2) is 7.75. The zero-order valence-corrected chi connectivity index (χ0v) is 13.6. The van der Waals surface area contributed by atoms with Crippen molar-refractivity contribution < 1.29 is 4.42 Å². The van der Waals surface area contributed by atoms with Gasteiger partial charge in [-0.3, -0.25) is 0 Å². The lowest BCUT2D eigenvalue weighted by atomic mass is 10.2. The Bertz CT molecular complexity index is 670. The molecule has 1 saturated heterocycles. The van der Waals surface area contributed by atoms with Crippen LogP contribution in [0.3, 0.4) is 0 Å². The Morgan fingerprint density at radius 2 is 1.91 bits per heavy atom. The summed E-state index contributed by atoms with van der Waals surface area (Å²) in [4.78, 5) is 8.41. The third-order valence-corrected chi connectivity index (χ3v) is 4.81. The van der Waals surface area contributed by atoms with Crippen LogP contribution in [0, 0.1) is 11.5 Å². The van der Waals surface area contributed by atoms with E-state index in [1.807, 2.05) is 36.5 Å². The van der Waals surface area contributed by atoms with Crippen molar-refractivity contribution in [2.45, 2.75) is 5.75 Å². The van der Waals surface area contributed by atoms with Gasteiger partial charge in [0, 0.05) is 38.0 Å². The number of hydrogen-bond acceptors (Lipinski definition) is 5. The molecule has 0 saturated carbocycles. The van der Waals surface area contributed by atoms with E-state index in [2.05, 4.69) is 26.9 Å². The number of amidine groups is 1. The molecule has 2 heterocycles. The SMILES string of the molecule is N#CN=C(SCc1ccccc1)N1CCN(c2ccco2)CC1. The summed E-state index contributed by atoms with van der Waals surface area (Å²) >= 11 is 1.62. The Labute approximate surface area is 140 Å². The van der Waals surface area contributed by atoms with Gasteiger partial charge in [-0.1, -0.05) is 42.1 Å². The molecule has 23 heavy (non-hydrogen) atoms. The van der Waals surface area contributed by atoms with Crippen molar-refractivity contribution in [1.29, 1.82) is 5.26 Å². The summed E-state index contributed by atoms with van der Waals surface area (Å²) in [7, 11) is 0. The predicted octanol–water partition coefficient (Wildman–Crippen LogP) is 3.17. The maximum atomic E-state index is 8.96. The predicted molar refractivity (Wildman–Crippen MR) is 93.3 cm³/mol. The van der Waals surface area contributed by atoms with Gasteiger partial charge in [0.15, 0.2) is 11.1 Å². The van der Waals surface area contributed by atoms with E-state index < -0.39 is 0 Å². The van der Waals surface area contributed by atoms with Crippen molar-refractivity contribution in [2.24, 2.45) is 4.99 Å². The van der Waals surface area contributed by atoms with Crippen LogP contribution < -0.4 is 4.90 Å². The minimum atomic E-state index is 0.801. The maximum Gasteiger partial charge on any atom is 0.208 e. The van der Waals surface area contributed by atoms with Crippen molar-refractivity contribution in [3.8, 4) is 6.19 Å². The van der Waals surface area contributed by atoms with Crippen molar-refractivity contribution in [3.05, 3.63) is 54.3 Å². The number of piperazine rings is 1. The highest BCUT2D eigenvalue weighted by Crippen LogP contribution is 2.21. The van der Waals surface area contributed by atoms with Crippen LogP contribution in [-0.2, 0) is 5.75 Å². The van der Waals surface area contributed by atoms with Gasteiger partial charge in [-0.15, -0.1) is 4.99 Å². The molecule has 0 unspecified atom stereocenters. The summed E-state index contributed by atoms with van der Waals surface area (Å²) in [6.07, 6.45) is 3.63. The van der Waals surface area contributed by atoms with E-state index >= 15 is 0 Å². The normalized spacial score (nSPS) is 15.5. The van der Waals surface area contributed by atoms with Gasteiger partial charge in [-0.25, -0.2) is 0 Å². The summed E-state index contributed by atoms with van der Waals surface area (Å²) < 4.78 is 5.44. The number of nitrogens with zero attached hydrogens (tertiary/aromatic N) is 4. The molecule has 6 heteroatoms. The van der Waals surface area contributed by atoms with Crippen molar-refractivity contribution in [2.75, 3.05) is 31.1 Å². The molecule has 0 amide bonds. The number of rotatable bonds is 3. The number of nitriles is 1. The summed E-state index contributed by atoms with van der Waals surface area (Å²) in [5.74, 6) is 1.72. The molecule has 1 aromatic carbocycles. The minimum absolute atomic E-state index is 0.801. The lowest BCUT2D eigenvalue weighted by molar-refractivity contribution is 0.379. The van der Waals surface area contributed by atoms with E-state index in [4.69, 9.17) is 9.68 Å². The van der Waals surface area contributed by atoms with Gasteiger partial charge in [-0.05, 0) is 11.6 Å². The largest absolute Gasteiger partial charge is 0.449 e. The van der Waals surface area contributed by atoms with Gasteiger partial charge in [0.25, 0.3) is 0 Å². The van der Waals surface area contributed by atoms with Gasteiger partial charge >= 0.3 is 0 Å². The van der Waals surface area contributed by atoms with Crippen LogP contribution in [0.5, 0.6) is 0 Å². The fraction of sp³-hybridized carbons (Fsp3) is 0.294. The quantitative estimate of drug-likeness (QED) is 0.492. The van der Waals surface area contributed by atoms with Gasteiger partial charge < -0.3 is 14.2 Å². The monoisotopic (exact) mass is 326 g/mol. The number of thioether (sulfide) groups is 1. The molecule has 118 valence electrons. The fourth-order valence-corrected chi connectivity index (χ4v) is 3.49. The van der Waals surface area contributed by atoms with Crippen LogP contribution in [0.1, 0.15) is 5.56 Å². The molecule has 3 rings (SSSR count). The standard InChI is InChI=1S/C17H18N4OS/c18-14-19-17(23-13-15-5-2-1-3-6-15)21-10-8-20(9-11-21)16-7-4-12-22-16/h1-7,12H,8-11,13H2. The summed E-state index contributed by atoms with van der Waals surface area (Å²) in [6, 6.07) is 14.1. The van der Waals surface area contributed by atoms with Crippen LogP contribution in [0.2, 0.25) is 0 Å². The van der Waals surface area contributed by atoms with Crippen LogP contribution in [0.15, 0.2) is 58.1 Å². The summed E-state index contributed by atoms with van der Waals surface area (Å²) in [5.41, 5.74) is 1.23. The van der Waals surface area contributed by atoms with E-state index in [1.165, 1.54) is 5.56 Å². The van der Waals surface area contributed by atoms with Crippen LogP contribution in [0.4, 0.5) is 5.88 Å². The number of anilines is 1. The molecule has 0 radical (unpaired) electrons. The van der Waals surface area contributed by atoms with E-state index in [1.54, 1.807) is 18.0 Å². The molecule has 0 atom stereocenters. The smallest absolute Gasteiger partial charge is 0.208 e. The summed E-state index contributed by atoms with van der Waals surface area (Å²) in [6.45, 7) is 3.40. The maximum absolute atomic E-state index is 8.96. The van der Waals surface area contributed by atoms with Gasteiger partial charge in [0.2, 0.25) is 6.19 Å². The van der Waals surface area contributed by atoms with Crippen LogP contribution >= 0.6 is 11.8 Å². The van der Waals surface area contributed by atoms with Gasteiger partial charge in [0.1, 0.15) is 0 Å². The number of furan rings is 1. The third-order valence-electron chi connectivity index (χ3n) is 3.72. The fourth-order valence-electron chi connectivity index (χ4n) is 2.53. The highest BCUT2D eigenvalue weighted by atomic mass is 32.2. The molecule has 0 aliphatic carbocycles. The number of aliphatic imine (C=N–C) groups is 1. The molecule has 1 fully saturated rings. The zero-order chi connectivity index (χ0) is 15.9. The van der Waals surface area contributed by atoms with Crippen molar-refractivity contribution in [1.82, 2.24) is 4.90 Å². The van der Waals surface area contributed by atoms with E-state index in [9.17, 15) is 0 Å². The number of benzene rings is 1. The van der Waals surface area contributed by atoms with Gasteiger partial charge in [-0.2, -0.15) is 5.26 Å². The van der Waals surface area contributed by atoms with Gasteiger partial charge in [0.05, 0.1) is 6.26 Å². The van der Waals surface area contributed by atoms with Crippen molar-refractivity contribution >= 4 is 22.8 Å². The van der Waals surface area contributed by atoms with E-state index in [0.29, 0.717) is 0 Å². The lowest BCUT2D eigenvalue weighted by Gasteiger charge is -2.35. The average molecular weight is 326 g/mol. The lowest BCUT2D eigenvalue weighted by Crippen LogP contribution is -2.48. The Morgan fingerprint density at radius 3 is 2.57 bits per heavy atom. The highest BCUT2D eigenvalue weighted by molar-refractivity contribution is 8.13. The Kier molecular flexibility index (Phi) is 5.22. The van der Waals surface area contributed by atoms with Crippen LogP contribution in [0.25, 0.3) is 0 Å². The van der Waals surface area contributed by atoms with E-state index in [-0.39, 0.29) is 0 Å². The summed E-state index contributed by atoms with van der Waals surface area (Å²) in [5, 5.41) is 9.77. The first-order valence-electron chi connectivity index (χ1n) is 7.54. The Morgan fingerprint density at radius 1 is 1.13 bits per heavy atom. The second-order valence-corrected chi connectivity index (χ2v) is 6.14. The number of hydrogen-bond donors (Lipinski definition) is 0. The van der Waals surface area contributed by atoms with E-state index in [0.717, 1.165) is 43.0 Å². The molecule has 1 aromatic heterocycles. The first-order valence-corrected chi connectivity index (χ1v) is 8.52. The molecular formula is C17H18N4OS. The molecule has 2 aromatic rings. The molecule has 5 nitrogen and oxygen atoms in total. The Hall–Kier alpha value is -2.39. The molecule has 1 aliphatic rings. The molecule has 1 aliphatic heterocycles. The Balaban J connectivity index is 1.57. The first kappa shape index (κ1) is 15.5.